The Labute approximate surface area is 171 Å². The quantitative estimate of drug-likeness (QED) is 0.631. The SMILES string of the molecule is CC1CN(C(=O)c2ccccc2)CCN1S(=O)(=O)c1ccc(-c2csnn2)s1. The topological polar surface area (TPSA) is 83.5 Å². The Balaban J connectivity index is 1.50. The summed E-state index contributed by atoms with van der Waals surface area (Å²) in [4.78, 5) is 15.1. The first-order valence-electron chi connectivity index (χ1n) is 8.70. The Kier molecular flexibility index (Phi) is 5.28. The number of carbonyl (C=O) groups is 1. The van der Waals surface area contributed by atoms with Crippen LogP contribution >= 0.6 is 22.9 Å². The highest BCUT2D eigenvalue weighted by molar-refractivity contribution is 7.91. The van der Waals surface area contributed by atoms with E-state index in [1.165, 1.54) is 27.2 Å². The third-order valence-corrected chi connectivity index (χ3v) is 8.72. The predicted octanol–water partition coefficient (Wildman–Crippen LogP) is 2.80. The number of nitrogens with zero attached hydrogens (tertiary/aromatic N) is 4. The van der Waals surface area contributed by atoms with E-state index in [-0.39, 0.29) is 22.7 Å². The Morgan fingerprint density at radius 3 is 2.61 bits per heavy atom. The van der Waals surface area contributed by atoms with Gasteiger partial charge in [0, 0.05) is 36.6 Å². The van der Waals surface area contributed by atoms with Gasteiger partial charge in [-0.1, -0.05) is 22.7 Å². The van der Waals surface area contributed by atoms with Crippen LogP contribution in [-0.2, 0) is 10.0 Å². The van der Waals surface area contributed by atoms with E-state index in [2.05, 4.69) is 9.59 Å². The van der Waals surface area contributed by atoms with Crippen molar-refractivity contribution in [2.75, 3.05) is 19.6 Å². The number of amides is 1. The van der Waals surface area contributed by atoms with Gasteiger partial charge in [0.15, 0.2) is 0 Å². The number of aromatic nitrogens is 2. The Bertz CT molecular complexity index is 1060. The zero-order valence-corrected chi connectivity index (χ0v) is 17.5. The van der Waals surface area contributed by atoms with Crippen molar-refractivity contribution < 1.29 is 13.2 Å². The molecule has 146 valence electrons. The zero-order chi connectivity index (χ0) is 19.7. The second-order valence-corrected chi connectivity index (χ2v) is 10.3. The fourth-order valence-corrected chi connectivity index (χ4v) is 6.77. The summed E-state index contributed by atoms with van der Waals surface area (Å²) in [5.74, 6) is -0.0704. The van der Waals surface area contributed by atoms with Gasteiger partial charge < -0.3 is 4.90 Å². The van der Waals surface area contributed by atoms with E-state index in [4.69, 9.17) is 0 Å². The fraction of sp³-hybridized carbons (Fsp3) is 0.278. The molecular formula is C18H18N4O3S3. The average Bonchev–Trinajstić information content (AvgIpc) is 3.39. The van der Waals surface area contributed by atoms with Crippen LogP contribution in [0.1, 0.15) is 17.3 Å². The molecule has 28 heavy (non-hydrogen) atoms. The lowest BCUT2D eigenvalue weighted by Gasteiger charge is -2.38. The van der Waals surface area contributed by atoms with E-state index in [1.54, 1.807) is 34.5 Å². The minimum Gasteiger partial charge on any atom is -0.336 e. The first-order chi connectivity index (χ1) is 13.5. The summed E-state index contributed by atoms with van der Waals surface area (Å²) in [6.45, 7) is 2.83. The lowest BCUT2D eigenvalue weighted by molar-refractivity contribution is 0.0642. The number of piperazine rings is 1. The molecule has 0 saturated carbocycles. The first-order valence-corrected chi connectivity index (χ1v) is 11.8. The van der Waals surface area contributed by atoms with Crippen molar-refractivity contribution >= 4 is 38.8 Å². The molecule has 4 rings (SSSR count). The Hall–Kier alpha value is -2.14. The van der Waals surface area contributed by atoms with Crippen molar-refractivity contribution in [3.8, 4) is 10.6 Å². The van der Waals surface area contributed by atoms with Crippen LogP contribution in [0.5, 0.6) is 0 Å². The normalized spacial score (nSPS) is 18.3. The highest BCUT2D eigenvalue weighted by atomic mass is 32.2. The highest BCUT2D eigenvalue weighted by Crippen LogP contribution is 2.33. The molecule has 7 nitrogen and oxygen atoms in total. The Morgan fingerprint density at radius 2 is 1.93 bits per heavy atom. The van der Waals surface area contributed by atoms with Gasteiger partial charge in [0.1, 0.15) is 9.90 Å². The lowest BCUT2D eigenvalue weighted by atomic mass is 10.1. The summed E-state index contributed by atoms with van der Waals surface area (Å²) in [6, 6.07) is 12.1. The summed E-state index contributed by atoms with van der Waals surface area (Å²) in [6.07, 6.45) is 0. The monoisotopic (exact) mass is 434 g/mol. The van der Waals surface area contributed by atoms with Gasteiger partial charge in [-0.3, -0.25) is 4.79 Å². The van der Waals surface area contributed by atoms with Crippen LogP contribution in [0.15, 0.2) is 52.1 Å². The zero-order valence-electron chi connectivity index (χ0n) is 15.1. The second kappa shape index (κ2) is 7.70. The molecule has 0 N–H and O–H groups in total. The molecule has 0 aliphatic carbocycles. The number of thiophene rings is 1. The molecule has 0 spiro atoms. The molecule has 1 saturated heterocycles. The Morgan fingerprint density at radius 1 is 1.14 bits per heavy atom. The smallest absolute Gasteiger partial charge is 0.253 e. The van der Waals surface area contributed by atoms with E-state index < -0.39 is 10.0 Å². The fourth-order valence-electron chi connectivity index (χ4n) is 3.23. The maximum Gasteiger partial charge on any atom is 0.253 e. The summed E-state index contributed by atoms with van der Waals surface area (Å²) >= 11 is 2.42. The number of hydrogen-bond acceptors (Lipinski definition) is 7. The van der Waals surface area contributed by atoms with Crippen molar-refractivity contribution in [2.45, 2.75) is 17.2 Å². The average molecular weight is 435 g/mol. The number of sulfonamides is 1. The highest BCUT2D eigenvalue weighted by Gasteiger charge is 2.36. The number of hydrogen-bond donors (Lipinski definition) is 0. The van der Waals surface area contributed by atoms with E-state index >= 15 is 0 Å². The van der Waals surface area contributed by atoms with Crippen LogP contribution in [0.4, 0.5) is 0 Å². The molecule has 1 unspecified atom stereocenters. The molecule has 3 aromatic rings. The third-order valence-electron chi connectivity index (χ3n) is 4.63. The van der Waals surface area contributed by atoms with Crippen LogP contribution in [-0.4, -0.2) is 58.8 Å². The predicted molar refractivity (Wildman–Crippen MR) is 109 cm³/mol. The lowest BCUT2D eigenvalue weighted by Crippen LogP contribution is -2.55. The molecule has 0 bridgehead atoms. The van der Waals surface area contributed by atoms with Gasteiger partial charge >= 0.3 is 0 Å². The molecule has 2 aromatic heterocycles. The van der Waals surface area contributed by atoms with Gasteiger partial charge in [0.25, 0.3) is 15.9 Å². The number of benzene rings is 1. The first kappa shape index (κ1) is 19.2. The maximum atomic E-state index is 13.1. The van der Waals surface area contributed by atoms with Crippen LogP contribution in [0.25, 0.3) is 10.6 Å². The van der Waals surface area contributed by atoms with E-state index in [1.807, 2.05) is 25.1 Å². The summed E-state index contributed by atoms with van der Waals surface area (Å²) < 4.78 is 31.8. The molecule has 10 heteroatoms. The van der Waals surface area contributed by atoms with Gasteiger partial charge in [0.2, 0.25) is 0 Å². The summed E-state index contributed by atoms with van der Waals surface area (Å²) in [5, 5.41) is 5.78. The minimum atomic E-state index is -3.63. The van der Waals surface area contributed by atoms with Crippen LogP contribution in [0, 0.1) is 0 Å². The largest absolute Gasteiger partial charge is 0.336 e. The van der Waals surface area contributed by atoms with Gasteiger partial charge in [-0.15, -0.1) is 16.4 Å². The maximum absolute atomic E-state index is 13.1. The van der Waals surface area contributed by atoms with Crippen LogP contribution < -0.4 is 0 Å². The molecular weight excluding hydrogens is 416 g/mol. The van der Waals surface area contributed by atoms with Gasteiger partial charge in [-0.2, -0.15) is 4.31 Å². The van der Waals surface area contributed by atoms with E-state index in [9.17, 15) is 13.2 Å². The van der Waals surface area contributed by atoms with Crippen molar-refractivity contribution in [2.24, 2.45) is 0 Å². The van der Waals surface area contributed by atoms with Crippen LogP contribution in [0.3, 0.4) is 0 Å². The van der Waals surface area contributed by atoms with Gasteiger partial charge in [0.05, 0.1) is 4.88 Å². The van der Waals surface area contributed by atoms with E-state index in [0.717, 1.165) is 4.88 Å². The molecule has 3 heterocycles. The summed E-state index contributed by atoms with van der Waals surface area (Å²) in [7, 11) is -3.63. The summed E-state index contributed by atoms with van der Waals surface area (Å²) in [5.41, 5.74) is 1.30. The van der Waals surface area contributed by atoms with Crippen LogP contribution in [0.2, 0.25) is 0 Å². The molecule has 1 aliphatic rings. The standard InChI is InChI=1S/C18H18N4O3S3/c1-13-11-21(18(23)14-5-3-2-4-6-14)9-10-22(13)28(24,25)17-8-7-16(27-17)15-12-26-20-19-15/h2-8,12-13H,9-11H2,1H3. The molecule has 0 radical (unpaired) electrons. The molecule has 1 aliphatic heterocycles. The molecule has 1 aromatic carbocycles. The number of carbonyl (C=O) groups excluding carboxylic acids is 1. The van der Waals surface area contributed by atoms with Gasteiger partial charge in [-0.05, 0) is 42.7 Å². The van der Waals surface area contributed by atoms with Crippen molar-refractivity contribution in [1.29, 1.82) is 0 Å². The van der Waals surface area contributed by atoms with Crippen molar-refractivity contribution in [3.63, 3.8) is 0 Å². The molecule has 1 fully saturated rings. The van der Waals surface area contributed by atoms with Crippen molar-refractivity contribution in [1.82, 2.24) is 18.8 Å². The second-order valence-electron chi connectivity index (χ2n) is 6.49. The minimum absolute atomic E-state index is 0.0704. The number of rotatable bonds is 4. The van der Waals surface area contributed by atoms with Crippen molar-refractivity contribution in [3.05, 3.63) is 53.4 Å². The van der Waals surface area contributed by atoms with E-state index in [0.29, 0.717) is 24.3 Å². The molecule has 1 atom stereocenters. The molecule has 1 amide bonds. The van der Waals surface area contributed by atoms with Gasteiger partial charge in [-0.25, -0.2) is 8.42 Å². The third kappa shape index (κ3) is 3.60.